The van der Waals surface area contributed by atoms with E-state index in [1.807, 2.05) is 6.07 Å². The van der Waals surface area contributed by atoms with Gasteiger partial charge in [-0.25, -0.2) is 4.39 Å². The van der Waals surface area contributed by atoms with Crippen LogP contribution >= 0.6 is 0 Å². The number of unbranched alkanes of at least 4 members (excludes halogenated alkanes) is 1. The summed E-state index contributed by atoms with van der Waals surface area (Å²) in [5.74, 6) is -0.165. The lowest BCUT2D eigenvalue weighted by molar-refractivity contribution is 0.156. The zero-order valence-electron chi connectivity index (χ0n) is 12.7. The molecule has 112 valence electrons. The van der Waals surface area contributed by atoms with Crippen LogP contribution in [-0.2, 0) is 0 Å². The lowest BCUT2D eigenvalue weighted by atomic mass is 9.95. The summed E-state index contributed by atoms with van der Waals surface area (Å²) < 4.78 is 13.6. The maximum absolute atomic E-state index is 13.6. The molecule has 2 rings (SSSR count). The number of nitrogens with zero attached hydrogens (tertiary/aromatic N) is 1. The van der Waals surface area contributed by atoms with Gasteiger partial charge in [-0.3, -0.25) is 4.90 Å². The third kappa shape index (κ3) is 3.80. The van der Waals surface area contributed by atoms with Gasteiger partial charge in [0.05, 0.1) is 6.04 Å². The molecule has 0 amide bonds. The van der Waals surface area contributed by atoms with Gasteiger partial charge in [0.25, 0.3) is 0 Å². The van der Waals surface area contributed by atoms with Crippen molar-refractivity contribution in [2.24, 2.45) is 5.73 Å². The monoisotopic (exact) mass is 278 g/mol. The molecule has 1 saturated carbocycles. The van der Waals surface area contributed by atoms with E-state index in [2.05, 4.69) is 18.7 Å². The maximum Gasteiger partial charge on any atom is 0.123 e. The van der Waals surface area contributed by atoms with Crippen LogP contribution in [0.3, 0.4) is 0 Å². The van der Waals surface area contributed by atoms with Crippen LogP contribution < -0.4 is 5.73 Å². The van der Waals surface area contributed by atoms with Crippen molar-refractivity contribution in [2.45, 2.75) is 64.1 Å². The molecule has 0 saturated heterocycles. The van der Waals surface area contributed by atoms with Crippen molar-refractivity contribution in [3.63, 3.8) is 0 Å². The topological polar surface area (TPSA) is 29.3 Å². The number of benzene rings is 1. The highest BCUT2D eigenvalue weighted by Gasteiger charge is 2.36. The molecule has 1 aromatic carbocycles. The summed E-state index contributed by atoms with van der Waals surface area (Å²) >= 11 is 0. The van der Waals surface area contributed by atoms with Gasteiger partial charge in [-0.1, -0.05) is 32.4 Å². The molecule has 3 heteroatoms. The summed E-state index contributed by atoms with van der Waals surface area (Å²) in [5, 5.41) is 0. The molecule has 1 aromatic rings. The van der Waals surface area contributed by atoms with Crippen LogP contribution in [0.1, 0.15) is 57.6 Å². The van der Waals surface area contributed by atoms with Crippen molar-refractivity contribution >= 4 is 0 Å². The summed E-state index contributed by atoms with van der Waals surface area (Å²) in [6.45, 7) is 5.39. The summed E-state index contributed by atoms with van der Waals surface area (Å²) in [6, 6.07) is 7.83. The summed E-state index contributed by atoms with van der Waals surface area (Å²) in [5.41, 5.74) is 7.40. The van der Waals surface area contributed by atoms with Gasteiger partial charge in [0, 0.05) is 12.1 Å². The zero-order chi connectivity index (χ0) is 14.5. The van der Waals surface area contributed by atoms with Gasteiger partial charge < -0.3 is 5.73 Å². The molecule has 0 radical (unpaired) electrons. The lowest BCUT2D eigenvalue weighted by Crippen LogP contribution is -2.42. The fourth-order valence-electron chi connectivity index (χ4n) is 2.89. The van der Waals surface area contributed by atoms with E-state index in [9.17, 15) is 4.39 Å². The normalized spacial score (nSPS) is 18.2. The Morgan fingerprint density at radius 1 is 1.35 bits per heavy atom. The van der Waals surface area contributed by atoms with Crippen molar-refractivity contribution in [1.82, 2.24) is 4.90 Å². The second-order valence-electron chi connectivity index (χ2n) is 5.89. The number of nitrogens with two attached hydrogens (primary N) is 1. The van der Waals surface area contributed by atoms with Crippen LogP contribution in [-0.4, -0.2) is 23.5 Å². The standard InChI is InChI=1S/C17H27FN2/c1-3-5-11-20(15-9-10-15)17(16(19)4-2)13-7-6-8-14(18)12-13/h6-8,12,15-17H,3-5,9-11,19H2,1-2H3. The van der Waals surface area contributed by atoms with E-state index < -0.39 is 0 Å². The molecular formula is C17H27FN2. The lowest BCUT2D eigenvalue weighted by Gasteiger charge is -2.36. The van der Waals surface area contributed by atoms with Gasteiger partial charge in [0.2, 0.25) is 0 Å². The second-order valence-corrected chi connectivity index (χ2v) is 5.89. The third-order valence-electron chi connectivity index (χ3n) is 4.21. The van der Waals surface area contributed by atoms with Gasteiger partial charge >= 0.3 is 0 Å². The fourth-order valence-corrected chi connectivity index (χ4v) is 2.89. The smallest absolute Gasteiger partial charge is 0.123 e. The summed E-state index contributed by atoms with van der Waals surface area (Å²) in [4.78, 5) is 2.52. The highest BCUT2D eigenvalue weighted by atomic mass is 19.1. The molecule has 2 atom stereocenters. The van der Waals surface area contributed by atoms with Crippen LogP contribution in [0, 0.1) is 5.82 Å². The van der Waals surface area contributed by atoms with Crippen LogP contribution in [0.5, 0.6) is 0 Å². The molecule has 0 aromatic heterocycles. The molecular weight excluding hydrogens is 251 g/mol. The van der Waals surface area contributed by atoms with Crippen LogP contribution in [0.15, 0.2) is 24.3 Å². The Morgan fingerprint density at radius 2 is 2.10 bits per heavy atom. The number of rotatable bonds is 8. The van der Waals surface area contributed by atoms with Crippen LogP contribution in [0.25, 0.3) is 0 Å². The molecule has 0 heterocycles. The highest BCUT2D eigenvalue weighted by molar-refractivity contribution is 5.22. The van der Waals surface area contributed by atoms with Crippen molar-refractivity contribution < 1.29 is 4.39 Å². The Hall–Kier alpha value is -0.930. The SMILES string of the molecule is CCCCN(C1CC1)C(c1cccc(F)c1)C(N)CC. The first-order valence-corrected chi connectivity index (χ1v) is 7.94. The van der Waals surface area contributed by atoms with Gasteiger partial charge in [0.15, 0.2) is 0 Å². The largest absolute Gasteiger partial charge is 0.326 e. The van der Waals surface area contributed by atoms with Crippen molar-refractivity contribution in [1.29, 1.82) is 0 Å². The van der Waals surface area contributed by atoms with Crippen LogP contribution in [0.4, 0.5) is 4.39 Å². The highest BCUT2D eigenvalue weighted by Crippen LogP contribution is 2.36. The molecule has 0 bridgehead atoms. The minimum Gasteiger partial charge on any atom is -0.326 e. The predicted octanol–water partition coefficient (Wildman–Crippen LogP) is 3.87. The second kappa shape index (κ2) is 7.19. The predicted molar refractivity (Wildman–Crippen MR) is 82.0 cm³/mol. The molecule has 2 unspecified atom stereocenters. The third-order valence-corrected chi connectivity index (χ3v) is 4.21. The van der Waals surface area contributed by atoms with Crippen molar-refractivity contribution in [2.75, 3.05) is 6.54 Å². The minimum atomic E-state index is -0.165. The fraction of sp³-hybridized carbons (Fsp3) is 0.647. The molecule has 1 fully saturated rings. The molecule has 2 nitrogen and oxygen atoms in total. The van der Waals surface area contributed by atoms with Crippen LogP contribution in [0.2, 0.25) is 0 Å². The number of hydrogen-bond donors (Lipinski definition) is 1. The Kier molecular flexibility index (Phi) is 5.55. The maximum atomic E-state index is 13.6. The average molecular weight is 278 g/mol. The summed E-state index contributed by atoms with van der Waals surface area (Å²) in [7, 11) is 0. The van der Waals surface area contributed by atoms with E-state index in [1.165, 1.54) is 31.7 Å². The van der Waals surface area contributed by atoms with E-state index in [1.54, 1.807) is 12.1 Å². The molecule has 0 aliphatic heterocycles. The molecule has 1 aliphatic carbocycles. The minimum absolute atomic E-state index is 0.0641. The first-order valence-electron chi connectivity index (χ1n) is 7.94. The van der Waals surface area contributed by atoms with E-state index >= 15 is 0 Å². The molecule has 0 spiro atoms. The van der Waals surface area contributed by atoms with Crippen molar-refractivity contribution in [3.05, 3.63) is 35.6 Å². The van der Waals surface area contributed by atoms with Gasteiger partial charge in [-0.05, 0) is 49.9 Å². The number of hydrogen-bond acceptors (Lipinski definition) is 2. The Morgan fingerprint density at radius 3 is 2.65 bits per heavy atom. The Bertz CT molecular complexity index is 417. The van der Waals surface area contributed by atoms with Crippen molar-refractivity contribution in [3.8, 4) is 0 Å². The first kappa shape index (κ1) is 15.5. The van der Waals surface area contributed by atoms with Gasteiger partial charge in [-0.2, -0.15) is 0 Å². The number of halogens is 1. The quantitative estimate of drug-likeness (QED) is 0.782. The van der Waals surface area contributed by atoms with E-state index in [-0.39, 0.29) is 17.9 Å². The summed E-state index contributed by atoms with van der Waals surface area (Å²) in [6.07, 6.45) is 5.79. The Balaban J connectivity index is 2.25. The van der Waals surface area contributed by atoms with E-state index in [0.29, 0.717) is 6.04 Å². The van der Waals surface area contributed by atoms with Gasteiger partial charge in [-0.15, -0.1) is 0 Å². The molecule has 20 heavy (non-hydrogen) atoms. The van der Waals surface area contributed by atoms with E-state index in [0.717, 1.165) is 18.5 Å². The zero-order valence-corrected chi connectivity index (χ0v) is 12.7. The van der Waals surface area contributed by atoms with Gasteiger partial charge in [0.1, 0.15) is 5.82 Å². The van der Waals surface area contributed by atoms with E-state index in [4.69, 9.17) is 5.73 Å². The molecule has 2 N–H and O–H groups in total. The Labute approximate surface area is 122 Å². The average Bonchev–Trinajstić information content (AvgIpc) is 3.27. The molecule has 1 aliphatic rings. The first-order chi connectivity index (χ1) is 9.67.